The van der Waals surface area contributed by atoms with E-state index in [0.717, 1.165) is 113 Å². The highest BCUT2D eigenvalue weighted by atomic mass is 35.5. The Balaban J connectivity index is 0.846. The summed E-state index contributed by atoms with van der Waals surface area (Å²) >= 11 is 6.25. The summed E-state index contributed by atoms with van der Waals surface area (Å²) < 4.78 is 41.8. The normalized spacial score (nSPS) is 20.3. The van der Waals surface area contributed by atoms with Crippen LogP contribution in [0.3, 0.4) is 0 Å². The number of hydrogen-bond acceptors (Lipinski definition) is 12. The van der Waals surface area contributed by atoms with E-state index in [9.17, 15) is 23.3 Å². The number of piperazine rings is 1. The van der Waals surface area contributed by atoms with Crippen molar-refractivity contribution in [2.24, 2.45) is 10.8 Å². The van der Waals surface area contributed by atoms with Crippen LogP contribution in [0.1, 0.15) is 61.9 Å². The smallest absolute Gasteiger partial charge is 0.293 e. The molecule has 2 aromatic heterocycles. The van der Waals surface area contributed by atoms with Crippen LogP contribution in [-0.2, 0) is 14.8 Å². The summed E-state index contributed by atoms with van der Waals surface area (Å²) in [7, 11) is -4.56. The van der Waals surface area contributed by atoms with E-state index >= 15 is 0 Å². The van der Waals surface area contributed by atoms with Gasteiger partial charge in [-0.1, -0.05) is 43.2 Å². The topological polar surface area (TPSA) is 166 Å². The Labute approximate surface area is 389 Å². The van der Waals surface area contributed by atoms with Crippen LogP contribution in [0, 0.1) is 20.9 Å². The highest BCUT2D eigenvalue weighted by Gasteiger charge is 2.54. The Bertz CT molecular complexity index is 2800. The van der Waals surface area contributed by atoms with Gasteiger partial charge in [0.25, 0.3) is 21.6 Å². The minimum Gasteiger partial charge on any atom is -0.455 e. The van der Waals surface area contributed by atoms with Crippen LogP contribution < -0.4 is 19.3 Å². The number of nitrogens with one attached hydrogen (secondary N) is 2. The van der Waals surface area contributed by atoms with Crippen LogP contribution in [0.15, 0.2) is 95.7 Å². The molecule has 0 bridgehead atoms. The molecule has 5 aliphatic rings. The third-order valence-corrected chi connectivity index (χ3v) is 15.8. The van der Waals surface area contributed by atoms with Gasteiger partial charge in [0.1, 0.15) is 22.8 Å². The van der Waals surface area contributed by atoms with Crippen molar-refractivity contribution in [3.05, 3.63) is 117 Å². The van der Waals surface area contributed by atoms with Gasteiger partial charge in [-0.25, -0.2) is 18.1 Å². The number of H-pyrrole nitrogens is 1. The molecule has 5 aromatic rings. The van der Waals surface area contributed by atoms with E-state index < -0.39 is 20.9 Å². The van der Waals surface area contributed by atoms with Crippen molar-refractivity contribution in [2.45, 2.75) is 56.9 Å². The Kier molecular flexibility index (Phi) is 11.8. The summed E-state index contributed by atoms with van der Waals surface area (Å²) in [6.07, 6.45) is 8.54. The molecule has 2 N–H and O–H groups in total. The maximum Gasteiger partial charge on any atom is 0.293 e. The second-order valence-corrected chi connectivity index (χ2v) is 21.6. The Morgan fingerprint density at radius 2 is 1.73 bits per heavy atom. The number of nitro groups is 1. The number of anilines is 2. The van der Waals surface area contributed by atoms with Gasteiger partial charge in [0.2, 0.25) is 0 Å². The third kappa shape index (κ3) is 9.13. The monoisotopic (exact) mass is 934 g/mol. The predicted octanol–water partition coefficient (Wildman–Crippen LogP) is 8.12. The third-order valence-electron chi connectivity index (χ3n) is 14.2. The first-order valence-electron chi connectivity index (χ1n) is 22.8. The molecule has 0 saturated carbocycles. The lowest BCUT2D eigenvalue weighted by molar-refractivity contribution is -0.384. The van der Waals surface area contributed by atoms with Gasteiger partial charge < -0.3 is 24.3 Å². The molecule has 0 atom stereocenters. The number of carbonyl (C=O) groups excluding carboxylic acids is 1. The molecule has 1 spiro atoms. The minimum atomic E-state index is -4.56. The quantitative estimate of drug-likeness (QED) is 0.0913. The van der Waals surface area contributed by atoms with E-state index in [1.807, 2.05) is 23.1 Å². The van der Waals surface area contributed by atoms with Gasteiger partial charge in [0.05, 0.1) is 21.6 Å². The number of aromatic amines is 1. The first-order chi connectivity index (χ1) is 31.7. The Morgan fingerprint density at radius 3 is 2.47 bits per heavy atom. The summed E-state index contributed by atoms with van der Waals surface area (Å²) in [6.45, 7) is 13.4. The van der Waals surface area contributed by atoms with Crippen LogP contribution in [-0.4, -0.2) is 117 Å². The van der Waals surface area contributed by atoms with Crippen molar-refractivity contribution in [3.8, 4) is 11.5 Å². The molecule has 4 saturated heterocycles. The van der Waals surface area contributed by atoms with Crippen molar-refractivity contribution in [2.75, 3.05) is 81.9 Å². The van der Waals surface area contributed by atoms with Gasteiger partial charge >= 0.3 is 0 Å². The second kappa shape index (κ2) is 17.6. The number of benzene rings is 3. The number of halogens is 1. The number of hydrogen-bond donors (Lipinski definition) is 2. The number of carbonyl (C=O) groups is 1. The summed E-state index contributed by atoms with van der Waals surface area (Å²) in [5.74, 6) is -0.437. The molecule has 15 nitrogen and oxygen atoms in total. The van der Waals surface area contributed by atoms with Crippen molar-refractivity contribution in [1.29, 1.82) is 0 Å². The maximum absolute atomic E-state index is 14.0. The summed E-state index contributed by atoms with van der Waals surface area (Å²) in [5, 5.41) is 13.9. The average molecular weight is 936 g/mol. The Hall–Kier alpha value is -5.52. The van der Waals surface area contributed by atoms with Crippen molar-refractivity contribution in [3.63, 3.8) is 0 Å². The number of allylic oxidation sites excluding steroid dienone is 1. The molecule has 4 fully saturated rings. The standard InChI is InChI=1S/C49H55ClN8O7S/c1-48(2)15-11-35(42(26-48)33-3-5-36(50)6-4-33)28-54-17-19-55(20-18-54)38-7-9-41(45(24-38)65-39-23-34-12-16-51-46(34)52-27-39)47(59)53-66(62,63)40-8-10-43(44(25-40)58(60)61)57-31-49(32-57)29-56(30-49)37-13-21-64-22-14-37/h3-10,12,16,23-25,27,37H,11,13-15,17-22,26,28-32H2,1-2H3,(H,51,52)(H,53,59). The van der Waals surface area contributed by atoms with Crippen LogP contribution in [0.4, 0.5) is 17.1 Å². The SMILES string of the molecule is CC1(C)CCC(CN2CCN(c3ccc(C(=O)NS(=O)(=O)c4ccc(N5CC6(C5)CN(C5CCOCC5)C6)c([N+](=O)[O-])c4)c(Oc4cnc5[nH]ccc5c4)c3)CC2)=C(c2ccc(Cl)cc2)C1. The average Bonchev–Trinajstić information content (AvgIpc) is 3.75. The lowest BCUT2D eigenvalue weighted by Gasteiger charge is -2.62. The van der Waals surface area contributed by atoms with E-state index in [-0.39, 0.29) is 32.7 Å². The molecule has 346 valence electrons. The van der Waals surface area contributed by atoms with Crippen molar-refractivity contribution >= 4 is 61.2 Å². The van der Waals surface area contributed by atoms with Gasteiger partial charge in [0.15, 0.2) is 0 Å². The largest absolute Gasteiger partial charge is 0.455 e. The summed E-state index contributed by atoms with van der Waals surface area (Å²) in [5.41, 5.74) is 5.91. The molecular weight excluding hydrogens is 880 g/mol. The van der Waals surface area contributed by atoms with Gasteiger partial charge in [-0.2, -0.15) is 0 Å². The summed E-state index contributed by atoms with van der Waals surface area (Å²) in [6, 6.07) is 21.3. The van der Waals surface area contributed by atoms with E-state index in [4.69, 9.17) is 21.1 Å². The molecule has 1 amide bonds. The number of pyridine rings is 1. The fourth-order valence-corrected chi connectivity index (χ4v) is 11.7. The molecule has 66 heavy (non-hydrogen) atoms. The molecule has 4 aliphatic heterocycles. The highest BCUT2D eigenvalue weighted by Crippen LogP contribution is 2.47. The van der Waals surface area contributed by atoms with Crippen LogP contribution >= 0.6 is 11.6 Å². The molecule has 0 radical (unpaired) electrons. The molecule has 3 aromatic carbocycles. The maximum atomic E-state index is 14.0. The predicted molar refractivity (Wildman–Crippen MR) is 255 cm³/mol. The van der Waals surface area contributed by atoms with E-state index in [2.05, 4.69) is 55.4 Å². The zero-order valence-electron chi connectivity index (χ0n) is 37.3. The van der Waals surface area contributed by atoms with Gasteiger partial charge in [-0.15, -0.1) is 0 Å². The molecule has 0 unspecified atom stereocenters. The van der Waals surface area contributed by atoms with Crippen molar-refractivity contribution in [1.82, 2.24) is 24.5 Å². The number of amides is 1. The first kappa shape index (κ1) is 44.3. The summed E-state index contributed by atoms with van der Waals surface area (Å²) in [4.78, 5) is 42.1. The zero-order chi connectivity index (χ0) is 45.8. The number of ether oxygens (including phenoxy) is 2. The molecule has 10 rings (SSSR count). The highest BCUT2D eigenvalue weighted by molar-refractivity contribution is 7.90. The van der Waals surface area contributed by atoms with Crippen LogP contribution in [0.25, 0.3) is 16.6 Å². The van der Waals surface area contributed by atoms with Crippen molar-refractivity contribution < 1.29 is 27.6 Å². The second-order valence-electron chi connectivity index (χ2n) is 19.5. The van der Waals surface area contributed by atoms with Gasteiger partial charge in [-0.05, 0) is 97.2 Å². The zero-order valence-corrected chi connectivity index (χ0v) is 38.9. The fourth-order valence-electron chi connectivity index (χ4n) is 10.6. The first-order valence-corrected chi connectivity index (χ1v) is 24.7. The number of sulfonamides is 1. The number of nitro benzene ring substituents is 1. The van der Waals surface area contributed by atoms with E-state index in [0.29, 0.717) is 36.2 Å². The number of rotatable bonds is 12. The number of aromatic nitrogens is 2. The lowest BCUT2D eigenvalue weighted by Crippen LogP contribution is -2.74. The van der Waals surface area contributed by atoms with E-state index in [1.54, 1.807) is 30.5 Å². The van der Waals surface area contributed by atoms with Gasteiger partial charge in [0, 0.05) is 118 Å². The molecule has 1 aliphatic carbocycles. The molecule has 6 heterocycles. The molecule has 17 heteroatoms. The van der Waals surface area contributed by atoms with Crippen LogP contribution in [0.5, 0.6) is 11.5 Å². The number of likely N-dealkylation sites (tertiary alicyclic amines) is 1. The number of fused-ring (bicyclic) bond motifs is 1. The number of nitrogens with zero attached hydrogens (tertiary/aromatic N) is 6. The minimum absolute atomic E-state index is 0.0238. The van der Waals surface area contributed by atoms with Crippen LogP contribution in [0.2, 0.25) is 5.02 Å². The fraction of sp³-hybridized carbons (Fsp3) is 0.429. The van der Waals surface area contributed by atoms with Gasteiger partial charge in [-0.3, -0.25) is 24.7 Å². The molecular formula is C49H55ClN8O7S. The lowest BCUT2D eigenvalue weighted by atomic mass is 9.71. The Morgan fingerprint density at radius 1 is 0.970 bits per heavy atom. The van der Waals surface area contributed by atoms with E-state index in [1.165, 1.54) is 35.0 Å².